The van der Waals surface area contributed by atoms with Crippen LogP contribution < -0.4 is 5.56 Å². The van der Waals surface area contributed by atoms with Crippen molar-refractivity contribution < 1.29 is 0 Å². The maximum Gasteiger partial charge on any atom is 0.264 e. The molecule has 2 aromatic carbocycles. The fraction of sp³-hybridized carbons (Fsp3) is 0.130. The van der Waals surface area contributed by atoms with Crippen LogP contribution >= 0.6 is 11.6 Å². The quantitative estimate of drug-likeness (QED) is 0.408. The first-order valence-corrected chi connectivity index (χ1v) is 9.94. The Balaban J connectivity index is 1.58. The number of hydrogen-bond donors (Lipinski definition) is 0. The molecule has 3 heterocycles. The van der Waals surface area contributed by atoms with Crippen molar-refractivity contribution in [2.75, 3.05) is 0 Å². The van der Waals surface area contributed by atoms with Crippen molar-refractivity contribution in [1.29, 1.82) is 0 Å². The highest BCUT2D eigenvalue weighted by molar-refractivity contribution is 6.30. The lowest BCUT2D eigenvalue weighted by Crippen LogP contribution is -2.21. The van der Waals surface area contributed by atoms with Crippen LogP contribution in [0.1, 0.15) is 16.7 Å². The van der Waals surface area contributed by atoms with Gasteiger partial charge in [-0.2, -0.15) is 5.10 Å². The van der Waals surface area contributed by atoms with Gasteiger partial charge in [0.05, 0.1) is 23.9 Å². The van der Waals surface area contributed by atoms with Crippen molar-refractivity contribution in [3.05, 3.63) is 93.3 Å². The number of aryl methyl sites for hydroxylation is 2. The number of benzene rings is 2. The summed E-state index contributed by atoms with van der Waals surface area (Å²) in [6.45, 7) is 4.37. The van der Waals surface area contributed by atoms with E-state index in [1.807, 2.05) is 56.3 Å². The number of hydrogen-bond acceptors (Lipinski definition) is 4. The topological polar surface area (TPSA) is 65.6 Å². The molecule has 0 radical (unpaired) electrons. The second-order valence-electron chi connectivity index (χ2n) is 7.32. The number of halogens is 1. The number of fused-ring (bicyclic) bond motifs is 2. The first-order chi connectivity index (χ1) is 14.5. The van der Waals surface area contributed by atoms with Crippen LogP contribution in [0.25, 0.3) is 27.6 Å². The van der Waals surface area contributed by atoms with Gasteiger partial charge in [-0.1, -0.05) is 41.9 Å². The van der Waals surface area contributed by atoms with E-state index >= 15 is 0 Å². The number of rotatable bonds is 3. The van der Waals surface area contributed by atoms with Crippen LogP contribution in [-0.4, -0.2) is 24.3 Å². The van der Waals surface area contributed by atoms with Gasteiger partial charge in [-0.3, -0.25) is 9.36 Å². The second kappa shape index (κ2) is 7.07. The Bertz CT molecular complexity index is 1470. The van der Waals surface area contributed by atoms with E-state index in [-0.39, 0.29) is 12.1 Å². The van der Waals surface area contributed by atoms with Crippen molar-refractivity contribution in [3.63, 3.8) is 0 Å². The average molecular weight is 416 g/mol. The third-order valence-corrected chi connectivity index (χ3v) is 5.76. The summed E-state index contributed by atoms with van der Waals surface area (Å²) in [6, 6.07) is 15.7. The average Bonchev–Trinajstić information content (AvgIpc) is 3.19. The molecule has 0 fully saturated rings. The zero-order chi connectivity index (χ0) is 20.8. The highest BCUT2D eigenvalue weighted by Gasteiger charge is 2.14. The Morgan fingerprint density at radius 1 is 1.07 bits per heavy atom. The van der Waals surface area contributed by atoms with Crippen molar-refractivity contribution in [1.82, 2.24) is 24.3 Å². The maximum absolute atomic E-state index is 13.1. The monoisotopic (exact) mass is 415 g/mol. The Morgan fingerprint density at radius 2 is 1.87 bits per heavy atom. The largest absolute Gasteiger partial charge is 0.294 e. The smallest absolute Gasteiger partial charge is 0.264 e. The fourth-order valence-corrected chi connectivity index (χ4v) is 3.82. The van der Waals surface area contributed by atoms with Gasteiger partial charge in [0.2, 0.25) is 0 Å². The van der Waals surface area contributed by atoms with Crippen LogP contribution in [0.3, 0.4) is 0 Å². The molecule has 5 aromatic rings. The van der Waals surface area contributed by atoms with E-state index in [0.717, 1.165) is 27.7 Å². The Morgan fingerprint density at radius 3 is 2.67 bits per heavy atom. The molecule has 0 spiro atoms. The number of para-hydroxylation sites is 1. The molecule has 0 saturated heterocycles. The van der Waals surface area contributed by atoms with Gasteiger partial charge in [0, 0.05) is 10.9 Å². The third kappa shape index (κ3) is 2.97. The van der Waals surface area contributed by atoms with E-state index in [1.54, 1.807) is 10.9 Å². The first-order valence-electron chi connectivity index (χ1n) is 9.57. The number of pyridine rings is 1. The van der Waals surface area contributed by atoms with Gasteiger partial charge >= 0.3 is 0 Å². The van der Waals surface area contributed by atoms with Crippen LogP contribution in [0.15, 0.2) is 65.8 Å². The van der Waals surface area contributed by atoms with E-state index in [0.29, 0.717) is 16.2 Å². The Hall–Kier alpha value is -3.51. The summed E-state index contributed by atoms with van der Waals surface area (Å²) in [7, 11) is 0. The molecular weight excluding hydrogens is 398 g/mol. The second-order valence-corrected chi connectivity index (χ2v) is 7.68. The summed E-state index contributed by atoms with van der Waals surface area (Å²) in [4.78, 5) is 22.1. The lowest BCUT2D eigenvalue weighted by atomic mass is 10.0. The van der Waals surface area contributed by atoms with Gasteiger partial charge in [0.25, 0.3) is 5.56 Å². The minimum Gasteiger partial charge on any atom is -0.294 e. The molecule has 0 aliphatic rings. The lowest BCUT2D eigenvalue weighted by Gasteiger charge is -2.11. The molecule has 0 amide bonds. The van der Waals surface area contributed by atoms with Crippen molar-refractivity contribution in [3.8, 4) is 5.69 Å². The van der Waals surface area contributed by atoms with Crippen LogP contribution in [0.2, 0.25) is 5.15 Å². The minimum absolute atomic E-state index is 0.168. The highest BCUT2D eigenvalue weighted by atomic mass is 35.5. The summed E-state index contributed by atoms with van der Waals surface area (Å²) in [5.41, 5.74) is 5.13. The van der Waals surface area contributed by atoms with Crippen molar-refractivity contribution >= 4 is 33.5 Å². The molecule has 148 valence electrons. The van der Waals surface area contributed by atoms with E-state index < -0.39 is 0 Å². The van der Waals surface area contributed by atoms with E-state index in [9.17, 15) is 4.79 Å². The van der Waals surface area contributed by atoms with E-state index in [2.05, 4.69) is 21.1 Å². The molecule has 0 bridgehead atoms. The zero-order valence-corrected chi connectivity index (χ0v) is 17.3. The maximum atomic E-state index is 13.1. The van der Waals surface area contributed by atoms with Gasteiger partial charge in [-0.25, -0.2) is 14.6 Å². The highest BCUT2D eigenvalue weighted by Crippen LogP contribution is 2.25. The lowest BCUT2D eigenvalue weighted by molar-refractivity contribution is 0.744. The molecule has 0 N–H and O–H groups in total. The molecule has 3 aromatic heterocycles. The Kier molecular flexibility index (Phi) is 4.37. The predicted octanol–water partition coefficient (Wildman–Crippen LogP) is 4.45. The molecule has 0 aliphatic heterocycles. The molecule has 30 heavy (non-hydrogen) atoms. The summed E-state index contributed by atoms with van der Waals surface area (Å²) in [5, 5.41) is 6.20. The summed E-state index contributed by atoms with van der Waals surface area (Å²) < 4.78 is 3.20. The standard InChI is InChI=1S/C23H18ClN5O/c1-14-8-9-16-10-17(21(24)27-20(16)15(14)2)12-28-13-25-22-19(23(28)30)11-26-29(22)18-6-4-3-5-7-18/h3-11,13H,12H2,1-2H3. The molecule has 5 rings (SSSR count). The molecule has 0 atom stereocenters. The summed E-state index contributed by atoms with van der Waals surface area (Å²) in [5.74, 6) is 0. The minimum atomic E-state index is -0.168. The molecule has 0 saturated carbocycles. The normalized spacial score (nSPS) is 11.4. The van der Waals surface area contributed by atoms with E-state index in [4.69, 9.17) is 11.6 Å². The third-order valence-electron chi connectivity index (χ3n) is 5.43. The molecule has 0 unspecified atom stereocenters. The van der Waals surface area contributed by atoms with Gasteiger partial charge in [0.1, 0.15) is 16.9 Å². The fourth-order valence-electron chi connectivity index (χ4n) is 3.62. The van der Waals surface area contributed by atoms with Crippen LogP contribution in [0.5, 0.6) is 0 Å². The summed E-state index contributed by atoms with van der Waals surface area (Å²) in [6.07, 6.45) is 3.09. The van der Waals surface area contributed by atoms with Crippen molar-refractivity contribution in [2.24, 2.45) is 0 Å². The van der Waals surface area contributed by atoms with Gasteiger partial charge in [0.15, 0.2) is 5.65 Å². The number of aromatic nitrogens is 5. The van der Waals surface area contributed by atoms with E-state index in [1.165, 1.54) is 16.5 Å². The number of nitrogens with zero attached hydrogens (tertiary/aromatic N) is 5. The van der Waals surface area contributed by atoms with Crippen LogP contribution in [0.4, 0.5) is 0 Å². The SMILES string of the molecule is Cc1ccc2cc(Cn3cnc4c(cnn4-c4ccccc4)c3=O)c(Cl)nc2c1C. The van der Waals surface area contributed by atoms with Crippen LogP contribution in [0, 0.1) is 13.8 Å². The molecular formula is C23H18ClN5O. The van der Waals surface area contributed by atoms with Gasteiger partial charge in [-0.15, -0.1) is 0 Å². The van der Waals surface area contributed by atoms with Crippen LogP contribution in [-0.2, 0) is 6.54 Å². The predicted molar refractivity (Wildman–Crippen MR) is 118 cm³/mol. The van der Waals surface area contributed by atoms with Gasteiger partial charge in [-0.05, 0) is 43.2 Å². The molecule has 0 aliphatic carbocycles. The molecule has 6 nitrogen and oxygen atoms in total. The first kappa shape index (κ1) is 18.5. The summed E-state index contributed by atoms with van der Waals surface area (Å²) >= 11 is 6.47. The Labute approximate surface area is 177 Å². The zero-order valence-electron chi connectivity index (χ0n) is 16.5. The van der Waals surface area contributed by atoms with Gasteiger partial charge < -0.3 is 0 Å². The van der Waals surface area contributed by atoms with Crippen molar-refractivity contribution in [2.45, 2.75) is 20.4 Å². The molecule has 7 heteroatoms.